The number of benzene rings is 1. The predicted molar refractivity (Wildman–Crippen MR) is 73.9 cm³/mol. The summed E-state index contributed by atoms with van der Waals surface area (Å²) in [6.45, 7) is 5.58. The highest BCUT2D eigenvalue weighted by molar-refractivity contribution is 5.35. The third-order valence-corrected chi connectivity index (χ3v) is 3.06. The van der Waals surface area contributed by atoms with Gasteiger partial charge in [-0.25, -0.2) is 0 Å². The first kappa shape index (κ1) is 13.5. The van der Waals surface area contributed by atoms with E-state index in [9.17, 15) is 0 Å². The molecule has 1 aromatic heterocycles. The van der Waals surface area contributed by atoms with Crippen LogP contribution < -0.4 is 10.1 Å². The van der Waals surface area contributed by atoms with Crippen LogP contribution in [0.1, 0.15) is 31.3 Å². The number of hydrogen-bond acceptors (Lipinski definition) is 4. The summed E-state index contributed by atoms with van der Waals surface area (Å²) in [7, 11) is 1.91. The highest BCUT2D eigenvalue weighted by Crippen LogP contribution is 2.25. The van der Waals surface area contributed by atoms with Gasteiger partial charge in [0.25, 0.3) is 0 Å². The summed E-state index contributed by atoms with van der Waals surface area (Å²) in [5.74, 6) is 1.70. The fourth-order valence-corrected chi connectivity index (χ4v) is 1.97. The first-order valence-corrected chi connectivity index (χ1v) is 6.50. The highest BCUT2D eigenvalue weighted by atomic mass is 16.5. The monoisotopic (exact) mass is 260 g/mol. The van der Waals surface area contributed by atoms with Crippen molar-refractivity contribution in [3.05, 3.63) is 42.0 Å². The normalized spacial score (nSPS) is 12.4. The molecule has 0 saturated carbocycles. The van der Waals surface area contributed by atoms with E-state index in [4.69, 9.17) is 4.74 Å². The van der Waals surface area contributed by atoms with Crippen molar-refractivity contribution in [3.8, 4) is 5.75 Å². The van der Waals surface area contributed by atoms with Crippen LogP contribution in [0.4, 0.5) is 0 Å². The summed E-state index contributed by atoms with van der Waals surface area (Å²) in [6.07, 6.45) is 1.67. The van der Waals surface area contributed by atoms with Gasteiger partial charge >= 0.3 is 0 Å². The van der Waals surface area contributed by atoms with Crippen molar-refractivity contribution >= 4 is 0 Å². The summed E-state index contributed by atoms with van der Waals surface area (Å²) in [5, 5.41) is 11.2. The van der Waals surface area contributed by atoms with Crippen LogP contribution in [0.15, 0.2) is 30.6 Å². The molecule has 0 saturated heterocycles. The second-order valence-corrected chi connectivity index (χ2v) is 4.46. The van der Waals surface area contributed by atoms with Crippen LogP contribution in [0, 0.1) is 0 Å². The average molecular weight is 260 g/mol. The Hall–Kier alpha value is -1.88. The Labute approximate surface area is 113 Å². The van der Waals surface area contributed by atoms with Gasteiger partial charge < -0.3 is 14.6 Å². The molecule has 0 aliphatic carbocycles. The minimum absolute atomic E-state index is 0.265. The van der Waals surface area contributed by atoms with E-state index >= 15 is 0 Å². The number of nitrogens with one attached hydrogen (secondary N) is 1. The largest absolute Gasteiger partial charge is 0.485 e. The zero-order chi connectivity index (χ0) is 13.7. The molecule has 1 atom stereocenters. The molecule has 0 fully saturated rings. The Morgan fingerprint density at radius 3 is 2.84 bits per heavy atom. The molecule has 0 amide bonds. The van der Waals surface area contributed by atoms with Crippen molar-refractivity contribution in [1.82, 2.24) is 20.1 Å². The highest BCUT2D eigenvalue weighted by Gasteiger charge is 2.11. The van der Waals surface area contributed by atoms with Gasteiger partial charge in [0, 0.05) is 18.7 Å². The SMILES string of the molecule is CCNC(C)c1ccccc1OCc1nncn1C. The van der Waals surface area contributed by atoms with Crippen LogP contribution in [-0.2, 0) is 13.7 Å². The Morgan fingerprint density at radius 2 is 2.16 bits per heavy atom. The van der Waals surface area contributed by atoms with Gasteiger partial charge in [-0.3, -0.25) is 0 Å². The molecular formula is C14H20N4O. The van der Waals surface area contributed by atoms with Crippen molar-refractivity contribution < 1.29 is 4.74 Å². The van der Waals surface area contributed by atoms with Gasteiger partial charge in [-0.05, 0) is 19.5 Å². The maximum Gasteiger partial charge on any atom is 0.170 e. The second-order valence-electron chi connectivity index (χ2n) is 4.46. The lowest BCUT2D eigenvalue weighted by atomic mass is 10.1. The van der Waals surface area contributed by atoms with Crippen LogP contribution >= 0.6 is 0 Å². The van der Waals surface area contributed by atoms with E-state index in [2.05, 4.69) is 35.4 Å². The maximum atomic E-state index is 5.87. The molecule has 0 spiro atoms. The molecule has 0 aliphatic rings. The molecule has 5 heteroatoms. The molecule has 19 heavy (non-hydrogen) atoms. The molecular weight excluding hydrogens is 240 g/mol. The van der Waals surface area contributed by atoms with Gasteiger partial charge in [0.1, 0.15) is 18.7 Å². The predicted octanol–water partition coefficient (Wildman–Crippen LogP) is 2.06. The molecule has 1 heterocycles. The zero-order valence-corrected chi connectivity index (χ0v) is 11.6. The standard InChI is InChI=1S/C14H20N4O/c1-4-15-11(2)12-7-5-6-8-13(12)19-9-14-17-16-10-18(14)3/h5-8,10-11,15H,4,9H2,1-3H3. The van der Waals surface area contributed by atoms with Gasteiger partial charge in [-0.1, -0.05) is 25.1 Å². The lowest BCUT2D eigenvalue weighted by molar-refractivity contribution is 0.285. The van der Waals surface area contributed by atoms with Crippen LogP contribution in [0.25, 0.3) is 0 Å². The van der Waals surface area contributed by atoms with Crippen molar-refractivity contribution in [1.29, 1.82) is 0 Å². The van der Waals surface area contributed by atoms with Crippen molar-refractivity contribution in [3.63, 3.8) is 0 Å². The number of rotatable bonds is 6. The number of para-hydroxylation sites is 1. The minimum Gasteiger partial charge on any atom is -0.485 e. The smallest absolute Gasteiger partial charge is 0.170 e. The quantitative estimate of drug-likeness (QED) is 0.864. The summed E-state index contributed by atoms with van der Waals surface area (Å²) in [5.41, 5.74) is 1.16. The van der Waals surface area contributed by atoms with Gasteiger partial charge in [0.05, 0.1) is 0 Å². The van der Waals surface area contributed by atoms with Crippen molar-refractivity contribution in [2.75, 3.05) is 6.54 Å². The molecule has 1 aromatic carbocycles. The number of hydrogen-bond donors (Lipinski definition) is 1. The molecule has 0 aliphatic heterocycles. The summed E-state index contributed by atoms with van der Waals surface area (Å²) in [6, 6.07) is 8.34. The topological polar surface area (TPSA) is 52.0 Å². The van der Waals surface area contributed by atoms with E-state index in [1.54, 1.807) is 6.33 Å². The fraction of sp³-hybridized carbons (Fsp3) is 0.429. The third kappa shape index (κ3) is 3.32. The third-order valence-electron chi connectivity index (χ3n) is 3.06. The van der Waals surface area contributed by atoms with E-state index in [1.165, 1.54) is 0 Å². The van der Waals surface area contributed by atoms with Crippen LogP contribution in [-0.4, -0.2) is 21.3 Å². The minimum atomic E-state index is 0.265. The van der Waals surface area contributed by atoms with Gasteiger partial charge in [-0.2, -0.15) is 0 Å². The Morgan fingerprint density at radius 1 is 1.37 bits per heavy atom. The van der Waals surface area contributed by atoms with E-state index in [0.717, 1.165) is 23.7 Å². The molecule has 5 nitrogen and oxygen atoms in total. The van der Waals surface area contributed by atoms with Crippen molar-refractivity contribution in [2.45, 2.75) is 26.5 Å². The lowest BCUT2D eigenvalue weighted by Gasteiger charge is -2.17. The molecule has 1 N–H and O–H groups in total. The number of aryl methyl sites for hydroxylation is 1. The van der Waals surface area contributed by atoms with Crippen LogP contribution in [0.5, 0.6) is 5.75 Å². The van der Waals surface area contributed by atoms with Crippen LogP contribution in [0.2, 0.25) is 0 Å². The molecule has 2 aromatic rings. The molecule has 0 bridgehead atoms. The first-order chi connectivity index (χ1) is 9.22. The Bertz CT molecular complexity index is 524. The first-order valence-electron chi connectivity index (χ1n) is 6.50. The Balaban J connectivity index is 2.09. The molecule has 1 unspecified atom stereocenters. The second kappa shape index (κ2) is 6.33. The molecule has 0 radical (unpaired) electrons. The fourth-order valence-electron chi connectivity index (χ4n) is 1.97. The Kier molecular flexibility index (Phi) is 4.52. The van der Waals surface area contributed by atoms with Crippen LogP contribution in [0.3, 0.4) is 0 Å². The van der Waals surface area contributed by atoms with E-state index in [0.29, 0.717) is 6.61 Å². The molecule has 2 rings (SSSR count). The summed E-state index contributed by atoms with van der Waals surface area (Å²) >= 11 is 0. The van der Waals surface area contributed by atoms with E-state index in [-0.39, 0.29) is 6.04 Å². The molecule has 102 valence electrons. The van der Waals surface area contributed by atoms with Gasteiger partial charge in [-0.15, -0.1) is 10.2 Å². The van der Waals surface area contributed by atoms with E-state index in [1.807, 2.05) is 29.8 Å². The van der Waals surface area contributed by atoms with Gasteiger partial charge in [0.15, 0.2) is 5.82 Å². The van der Waals surface area contributed by atoms with E-state index < -0.39 is 0 Å². The zero-order valence-electron chi connectivity index (χ0n) is 11.6. The number of nitrogens with zero attached hydrogens (tertiary/aromatic N) is 3. The lowest BCUT2D eigenvalue weighted by Crippen LogP contribution is -2.18. The van der Waals surface area contributed by atoms with Gasteiger partial charge in [0.2, 0.25) is 0 Å². The maximum absolute atomic E-state index is 5.87. The summed E-state index contributed by atoms with van der Waals surface area (Å²) < 4.78 is 7.72. The number of aromatic nitrogens is 3. The summed E-state index contributed by atoms with van der Waals surface area (Å²) in [4.78, 5) is 0. The van der Waals surface area contributed by atoms with Crippen molar-refractivity contribution in [2.24, 2.45) is 7.05 Å². The number of ether oxygens (including phenoxy) is 1. The average Bonchev–Trinajstić information content (AvgIpc) is 2.82.